The molecule has 9 nitrogen and oxygen atoms in total. The Balaban J connectivity index is 1.40. The third-order valence-electron chi connectivity index (χ3n) is 8.41. The topological polar surface area (TPSA) is 99.3 Å². The Hall–Kier alpha value is -2.99. The summed E-state index contributed by atoms with van der Waals surface area (Å²) in [6.07, 6.45) is 3.91. The molecule has 234 valence electrons. The highest BCUT2D eigenvalue weighted by Gasteiger charge is 2.44. The lowest BCUT2D eigenvalue weighted by atomic mass is 9.99. The number of hydrogen-bond acceptors (Lipinski definition) is 6. The number of hydrogen-bond donors (Lipinski definition) is 1. The number of carbonyl (C=O) groups is 2. The van der Waals surface area contributed by atoms with Crippen LogP contribution in [0, 0.1) is 0 Å². The van der Waals surface area contributed by atoms with Gasteiger partial charge in [-0.25, -0.2) is 8.42 Å². The van der Waals surface area contributed by atoms with Crippen LogP contribution in [-0.2, 0) is 21.2 Å². The Morgan fingerprint density at radius 1 is 0.977 bits per heavy atom. The first-order valence-corrected chi connectivity index (χ1v) is 17.1. The van der Waals surface area contributed by atoms with Crippen molar-refractivity contribution in [1.82, 2.24) is 9.21 Å². The molecule has 3 aromatic rings. The van der Waals surface area contributed by atoms with E-state index in [1.54, 1.807) is 66.6 Å². The Bertz CT molecular complexity index is 1630. The van der Waals surface area contributed by atoms with Crippen molar-refractivity contribution in [1.29, 1.82) is 0 Å². The van der Waals surface area contributed by atoms with E-state index in [1.807, 2.05) is 12.1 Å². The lowest BCUT2D eigenvalue weighted by Crippen LogP contribution is -2.56. The number of rotatable bonds is 8. The van der Waals surface area contributed by atoms with Crippen molar-refractivity contribution < 1.29 is 22.7 Å². The maximum absolute atomic E-state index is 14.4. The molecule has 1 unspecified atom stereocenters. The zero-order valence-corrected chi connectivity index (χ0v) is 27.1. The molecule has 2 aliphatic rings. The van der Waals surface area contributed by atoms with E-state index in [9.17, 15) is 18.0 Å². The Morgan fingerprint density at radius 3 is 2.34 bits per heavy atom. The van der Waals surface area contributed by atoms with Gasteiger partial charge in [0.25, 0.3) is 11.8 Å². The first-order valence-electron chi connectivity index (χ1n) is 14.5. The fourth-order valence-electron chi connectivity index (χ4n) is 5.97. The third kappa shape index (κ3) is 7.11. The monoisotopic (exact) mass is 658 g/mol. The highest BCUT2D eigenvalue weighted by molar-refractivity contribution is 7.88. The molecule has 1 fully saturated rings. The second-order valence-corrected chi connectivity index (χ2v) is 14.0. The van der Waals surface area contributed by atoms with E-state index in [2.05, 4.69) is 10.2 Å². The van der Waals surface area contributed by atoms with Gasteiger partial charge in [-0.1, -0.05) is 35.3 Å². The normalized spacial score (nSPS) is 19.7. The van der Waals surface area contributed by atoms with Crippen molar-refractivity contribution in [2.24, 2.45) is 0 Å². The summed E-state index contributed by atoms with van der Waals surface area (Å²) in [4.78, 5) is 31.1. The number of anilines is 2. The van der Waals surface area contributed by atoms with Gasteiger partial charge in [-0.2, -0.15) is 4.31 Å². The summed E-state index contributed by atoms with van der Waals surface area (Å²) in [5.41, 5.74) is 2.09. The molecular formula is C32H36Cl2N4O5S. The Morgan fingerprint density at radius 2 is 1.68 bits per heavy atom. The molecule has 0 radical (unpaired) electrons. The number of nitrogens with zero attached hydrogens (tertiary/aromatic N) is 3. The van der Waals surface area contributed by atoms with Gasteiger partial charge in [0.05, 0.1) is 22.5 Å². The number of methoxy groups -OCH3 is 1. The quantitative estimate of drug-likeness (QED) is 0.341. The van der Waals surface area contributed by atoms with Crippen molar-refractivity contribution >= 4 is 56.4 Å². The van der Waals surface area contributed by atoms with Gasteiger partial charge in [-0.15, -0.1) is 0 Å². The fraction of sp³-hybridized carbons (Fsp3) is 0.375. The smallest absolute Gasteiger partial charge is 0.260 e. The Labute approximate surface area is 268 Å². The number of ether oxygens (including phenoxy) is 1. The lowest BCUT2D eigenvalue weighted by Gasteiger charge is -2.44. The van der Waals surface area contributed by atoms with Crippen LogP contribution in [0.25, 0.3) is 0 Å². The first-order chi connectivity index (χ1) is 21.0. The second kappa shape index (κ2) is 13.6. The number of carbonyl (C=O) groups excluding carboxylic acids is 2. The number of halogens is 2. The van der Waals surface area contributed by atoms with Crippen LogP contribution in [0.2, 0.25) is 10.0 Å². The molecule has 12 heteroatoms. The van der Waals surface area contributed by atoms with Gasteiger partial charge in [-0.3, -0.25) is 14.5 Å². The summed E-state index contributed by atoms with van der Waals surface area (Å²) in [6.45, 7) is 2.71. The largest absolute Gasteiger partial charge is 0.358 e. The maximum Gasteiger partial charge on any atom is 0.260 e. The van der Waals surface area contributed by atoms with Crippen molar-refractivity contribution in [2.75, 3.05) is 56.3 Å². The van der Waals surface area contributed by atoms with Crippen LogP contribution in [0.4, 0.5) is 11.4 Å². The maximum atomic E-state index is 14.4. The van der Waals surface area contributed by atoms with Gasteiger partial charge in [0.15, 0.2) is 0 Å². The number of sulfonamides is 1. The summed E-state index contributed by atoms with van der Waals surface area (Å²) in [5.74, 6) is -0.577. The predicted molar refractivity (Wildman–Crippen MR) is 174 cm³/mol. The number of amides is 2. The number of piperazine rings is 1. The van der Waals surface area contributed by atoms with Crippen molar-refractivity contribution in [3.05, 3.63) is 93.5 Å². The van der Waals surface area contributed by atoms with E-state index in [4.69, 9.17) is 27.9 Å². The van der Waals surface area contributed by atoms with E-state index < -0.39 is 15.7 Å². The van der Waals surface area contributed by atoms with E-state index in [0.717, 1.165) is 24.1 Å². The molecule has 2 aliphatic heterocycles. The van der Waals surface area contributed by atoms with Crippen LogP contribution in [0.5, 0.6) is 0 Å². The van der Waals surface area contributed by atoms with Crippen LogP contribution in [0.1, 0.15) is 45.5 Å². The van der Waals surface area contributed by atoms with Crippen LogP contribution < -0.4 is 10.2 Å². The van der Waals surface area contributed by atoms with Crippen molar-refractivity contribution in [2.45, 2.75) is 31.4 Å². The minimum atomic E-state index is -3.23. The molecule has 2 amide bonds. The zero-order valence-electron chi connectivity index (χ0n) is 24.8. The number of nitrogens with one attached hydrogen (secondary N) is 1. The fourth-order valence-corrected chi connectivity index (χ4v) is 7.21. The third-order valence-corrected chi connectivity index (χ3v) is 10.3. The summed E-state index contributed by atoms with van der Waals surface area (Å²) in [6, 6.07) is 19.1. The Kier molecular flexibility index (Phi) is 9.99. The van der Waals surface area contributed by atoms with Crippen LogP contribution in [0.15, 0.2) is 66.7 Å². The van der Waals surface area contributed by atoms with Crippen LogP contribution >= 0.6 is 23.2 Å². The van der Waals surface area contributed by atoms with Crippen LogP contribution in [-0.4, -0.2) is 81.3 Å². The van der Waals surface area contributed by atoms with Gasteiger partial charge in [-0.05, 0) is 79.4 Å². The van der Waals surface area contributed by atoms with E-state index >= 15 is 0 Å². The molecule has 44 heavy (non-hydrogen) atoms. The minimum absolute atomic E-state index is 0.233. The average Bonchev–Trinajstić information content (AvgIpc) is 3.16. The van der Waals surface area contributed by atoms with E-state index in [0.29, 0.717) is 72.4 Å². The first kappa shape index (κ1) is 32.4. The molecule has 1 atom stereocenters. The molecule has 0 aliphatic carbocycles. The molecule has 1 saturated heterocycles. The molecule has 1 N–H and O–H groups in total. The van der Waals surface area contributed by atoms with Gasteiger partial charge in [0.1, 0.15) is 5.72 Å². The molecule has 5 rings (SSSR count). The standard InChI is InChI=1S/C32H36Cl2N4O5S/c1-43-32(16-17-36-18-20-37(21-19-36)44(2,41)42)15-5-6-24-22-25(33)11-14-29(24)38(32)31(40)23-9-12-26(13-10-23)35-30(39)27-7-3-4-8-28(27)34/h3-4,7-14,22H,5-6,15-21H2,1-2H3,(H,35,39). The van der Waals surface area contributed by atoms with Gasteiger partial charge < -0.3 is 15.0 Å². The van der Waals surface area contributed by atoms with E-state index in [-0.39, 0.29) is 11.8 Å². The summed E-state index contributed by atoms with van der Waals surface area (Å²) < 4.78 is 31.7. The molecule has 0 bridgehead atoms. The second-order valence-electron chi connectivity index (χ2n) is 11.2. The number of fused-ring (bicyclic) bond motifs is 1. The molecule has 0 spiro atoms. The predicted octanol–water partition coefficient (Wildman–Crippen LogP) is 5.54. The highest BCUT2D eigenvalue weighted by Crippen LogP contribution is 2.40. The summed E-state index contributed by atoms with van der Waals surface area (Å²) in [7, 11) is -1.60. The number of benzene rings is 3. The number of aryl methyl sites for hydroxylation is 1. The summed E-state index contributed by atoms with van der Waals surface area (Å²) >= 11 is 12.5. The lowest BCUT2D eigenvalue weighted by molar-refractivity contribution is -0.0307. The SMILES string of the molecule is COC1(CCN2CCN(S(C)(=O)=O)CC2)CCCc2cc(Cl)ccc2N1C(=O)c1ccc(NC(=O)c2ccccc2Cl)cc1. The molecular weight excluding hydrogens is 623 g/mol. The van der Waals surface area contributed by atoms with Crippen molar-refractivity contribution in [3.63, 3.8) is 0 Å². The van der Waals surface area contributed by atoms with E-state index in [1.165, 1.54) is 10.6 Å². The summed E-state index contributed by atoms with van der Waals surface area (Å²) in [5, 5.41) is 3.79. The molecule has 0 saturated carbocycles. The highest BCUT2D eigenvalue weighted by atomic mass is 35.5. The van der Waals surface area contributed by atoms with Gasteiger partial charge in [0.2, 0.25) is 10.0 Å². The van der Waals surface area contributed by atoms with Crippen LogP contribution in [0.3, 0.4) is 0 Å². The molecule has 0 aromatic heterocycles. The van der Waals surface area contributed by atoms with Crippen molar-refractivity contribution in [3.8, 4) is 0 Å². The minimum Gasteiger partial charge on any atom is -0.358 e. The van der Waals surface area contributed by atoms with Gasteiger partial charge in [0, 0.05) is 62.5 Å². The molecule has 3 aromatic carbocycles. The molecule has 2 heterocycles. The average molecular weight is 660 g/mol. The van der Waals surface area contributed by atoms with Gasteiger partial charge >= 0.3 is 0 Å². The zero-order chi connectivity index (χ0) is 31.5.